The number of nitrogens with zero attached hydrogens (tertiary/aromatic N) is 1. The highest BCUT2D eigenvalue weighted by atomic mass is 16.6. The lowest BCUT2D eigenvalue weighted by Crippen LogP contribution is -2.41. The Balaban J connectivity index is 3.94. The molecule has 1 atom stereocenters. The molecule has 5 nitrogen and oxygen atoms in total. The Morgan fingerprint density at radius 2 is 1.81 bits per heavy atom. The molecule has 0 heterocycles. The molecule has 5 heteroatoms. The van der Waals surface area contributed by atoms with Gasteiger partial charge in [0.2, 0.25) is 0 Å². The third kappa shape index (κ3) is 8.96. The second-order valence-electron chi connectivity index (χ2n) is 4.85. The van der Waals surface area contributed by atoms with Crippen molar-refractivity contribution in [2.45, 2.75) is 58.9 Å². The first-order chi connectivity index (χ1) is 10.0. The maximum Gasteiger partial charge on any atom is 0.411 e. The Bertz CT molecular complexity index is 370. The maximum atomic E-state index is 11.8. The summed E-state index contributed by atoms with van der Waals surface area (Å²) in [5.74, 6) is 4.84. The van der Waals surface area contributed by atoms with Gasteiger partial charge in [-0.2, -0.15) is 0 Å². The van der Waals surface area contributed by atoms with Crippen LogP contribution in [0.5, 0.6) is 0 Å². The van der Waals surface area contributed by atoms with Crippen LogP contribution in [0.4, 0.5) is 4.79 Å². The van der Waals surface area contributed by atoms with Crippen molar-refractivity contribution in [1.82, 2.24) is 4.90 Å². The molecular formula is C16H27NO4. The first-order valence-corrected chi connectivity index (χ1v) is 7.50. The number of carbonyl (C=O) groups is 2. The molecule has 0 saturated heterocycles. The molecule has 0 aliphatic carbocycles. The van der Waals surface area contributed by atoms with Gasteiger partial charge in [-0.3, -0.25) is 4.90 Å². The van der Waals surface area contributed by atoms with Crippen LogP contribution in [-0.2, 0) is 14.3 Å². The normalized spacial score (nSPS) is 11.0. The van der Waals surface area contributed by atoms with E-state index in [1.165, 1.54) is 24.8 Å². The highest BCUT2D eigenvalue weighted by Gasteiger charge is 2.24. The number of likely N-dealkylation sites (N-methyl/N-ethyl adjacent to an activating group) is 1. The molecule has 0 fully saturated rings. The van der Waals surface area contributed by atoms with Gasteiger partial charge in [-0.1, -0.05) is 38.5 Å². The summed E-state index contributed by atoms with van der Waals surface area (Å²) in [7, 11) is 1.51. The average molecular weight is 297 g/mol. The molecular weight excluding hydrogens is 270 g/mol. The second-order valence-corrected chi connectivity index (χ2v) is 4.85. The van der Waals surface area contributed by atoms with Gasteiger partial charge in [0.25, 0.3) is 0 Å². The number of rotatable bonds is 9. The van der Waals surface area contributed by atoms with Crippen molar-refractivity contribution in [3.8, 4) is 11.8 Å². The van der Waals surface area contributed by atoms with E-state index >= 15 is 0 Å². The number of unbranched alkanes of at least 4 members (excludes halogenated alkanes) is 4. The van der Waals surface area contributed by atoms with Gasteiger partial charge >= 0.3 is 12.1 Å². The number of hydrogen-bond acceptors (Lipinski definition) is 4. The lowest BCUT2D eigenvalue weighted by atomic mass is 10.2. The number of carbonyl (C=O) groups excluding carboxylic acids is 2. The monoisotopic (exact) mass is 297 g/mol. The molecule has 0 aromatic rings. The van der Waals surface area contributed by atoms with Crippen molar-refractivity contribution >= 4 is 12.1 Å². The number of amides is 1. The van der Waals surface area contributed by atoms with E-state index in [0.717, 1.165) is 19.3 Å². The summed E-state index contributed by atoms with van der Waals surface area (Å²) in [4.78, 5) is 24.7. The lowest BCUT2D eigenvalue weighted by molar-refractivity contribution is -0.148. The molecule has 1 unspecified atom stereocenters. The Morgan fingerprint density at radius 1 is 1.14 bits per heavy atom. The summed E-state index contributed by atoms with van der Waals surface area (Å²) < 4.78 is 10.1. The van der Waals surface area contributed by atoms with Gasteiger partial charge < -0.3 is 9.47 Å². The fraction of sp³-hybridized carbons (Fsp3) is 0.750. The summed E-state index contributed by atoms with van der Waals surface area (Å²) in [6, 6.07) is -0.664. The van der Waals surface area contributed by atoms with Crippen LogP contribution in [0.1, 0.15) is 52.9 Å². The third-order valence-corrected chi connectivity index (χ3v) is 3.15. The SMILES string of the molecule is CC#CCOC(=O)N(C)C(C)C(=O)OCCCCCCC. The van der Waals surface area contributed by atoms with Crippen molar-refractivity contribution in [1.29, 1.82) is 0 Å². The van der Waals surface area contributed by atoms with Gasteiger partial charge in [0, 0.05) is 7.05 Å². The molecule has 0 bridgehead atoms. The van der Waals surface area contributed by atoms with E-state index < -0.39 is 18.1 Å². The van der Waals surface area contributed by atoms with Crippen molar-refractivity contribution in [2.24, 2.45) is 0 Å². The summed E-state index contributed by atoms with van der Waals surface area (Å²) in [5.41, 5.74) is 0. The van der Waals surface area contributed by atoms with Crippen molar-refractivity contribution in [3.05, 3.63) is 0 Å². The van der Waals surface area contributed by atoms with Gasteiger partial charge in [-0.05, 0) is 20.3 Å². The van der Waals surface area contributed by atoms with Crippen LogP contribution in [0.2, 0.25) is 0 Å². The molecule has 21 heavy (non-hydrogen) atoms. The molecule has 120 valence electrons. The molecule has 0 aromatic carbocycles. The molecule has 0 rings (SSSR count). The summed E-state index contributed by atoms with van der Waals surface area (Å²) in [6.07, 6.45) is 4.90. The Labute approximate surface area is 128 Å². The predicted octanol–water partition coefficient (Wildman–Crippen LogP) is 2.98. The average Bonchev–Trinajstić information content (AvgIpc) is 2.49. The van der Waals surface area contributed by atoms with Crippen molar-refractivity contribution < 1.29 is 19.1 Å². The topological polar surface area (TPSA) is 55.8 Å². The van der Waals surface area contributed by atoms with Gasteiger partial charge in [-0.15, -0.1) is 5.92 Å². The number of hydrogen-bond donors (Lipinski definition) is 0. The molecule has 0 N–H and O–H groups in total. The summed E-state index contributed by atoms with van der Waals surface area (Å²) >= 11 is 0. The molecule has 0 aliphatic rings. The van der Waals surface area contributed by atoms with E-state index in [9.17, 15) is 9.59 Å². The fourth-order valence-electron chi connectivity index (χ4n) is 1.59. The van der Waals surface area contributed by atoms with E-state index in [1.807, 2.05) is 0 Å². The second kappa shape index (κ2) is 12.1. The van der Waals surface area contributed by atoms with E-state index in [1.54, 1.807) is 13.8 Å². The van der Waals surface area contributed by atoms with Crippen LogP contribution in [0, 0.1) is 11.8 Å². The standard InChI is InChI=1S/C16H27NO4/c1-5-7-9-10-11-13-20-15(18)14(3)17(4)16(19)21-12-8-6-2/h14H,5,7,9-13H2,1-4H3. The van der Waals surface area contributed by atoms with E-state index in [4.69, 9.17) is 9.47 Å². The maximum absolute atomic E-state index is 11.8. The van der Waals surface area contributed by atoms with Gasteiger partial charge in [0.1, 0.15) is 6.04 Å². The van der Waals surface area contributed by atoms with Crippen molar-refractivity contribution in [3.63, 3.8) is 0 Å². The van der Waals surface area contributed by atoms with E-state index in [0.29, 0.717) is 6.61 Å². The Kier molecular flexibility index (Phi) is 11.1. The fourth-order valence-corrected chi connectivity index (χ4v) is 1.59. The first-order valence-electron chi connectivity index (χ1n) is 7.50. The zero-order valence-corrected chi connectivity index (χ0v) is 13.6. The van der Waals surface area contributed by atoms with Crippen LogP contribution in [0.25, 0.3) is 0 Å². The van der Waals surface area contributed by atoms with Crippen LogP contribution < -0.4 is 0 Å². The number of ether oxygens (including phenoxy) is 2. The minimum atomic E-state index is -0.664. The zero-order valence-electron chi connectivity index (χ0n) is 13.6. The highest BCUT2D eigenvalue weighted by molar-refractivity contribution is 5.80. The Morgan fingerprint density at radius 3 is 2.43 bits per heavy atom. The minimum absolute atomic E-state index is 0.0267. The molecule has 0 aromatic heterocycles. The molecule has 1 amide bonds. The Hall–Kier alpha value is -1.70. The number of esters is 1. The highest BCUT2D eigenvalue weighted by Crippen LogP contribution is 2.05. The van der Waals surface area contributed by atoms with Gasteiger partial charge in [0.05, 0.1) is 6.61 Å². The first kappa shape index (κ1) is 19.3. The lowest BCUT2D eigenvalue weighted by Gasteiger charge is -2.22. The third-order valence-electron chi connectivity index (χ3n) is 3.15. The van der Waals surface area contributed by atoms with Gasteiger partial charge in [0.15, 0.2) is 6.61 Å². The van der Waals surface area contributed by atoms with Crippen LogP contribution in [0.15, 0.2) is 0 Å². The molecule has 0 saturated carbocycles. The zero-order chi connectivity index (χ0) is 16.1. The molecule has 0 aliphatic heterocycles. The van der Waals surface area contributed by atoms with E-state index in [-0.39, 0.29) is 6.61 Å². The van der Waals surface area contributed by atoms with Crippen LogP contribution in [-0.4, -0.2) is 43.3 Å². The van der Waals surface area contributed by atoms with Crippen LogP contribution in [0.3, 0.4) is 0 Å². The molecule has 0 radical (unpaired) electrons. The molecule has 0 spiro atoms. The summed E-state index contributed by atoms with van der Waals surface area (Å²) in [6.45, 7) is 5.86. The van der Waals surface area contributed by atoms with Gasteiger partial charge in [-0.25, -0.2) is 9.59 Å². The van der Waals surface area contributed by atoms with Crippen LogP contribution >= 0.6 is 0 Å². The quantitative estimate of drug-likeness (QED) is 0.373. The van der Waals surface area contributed by atoms with E-state index in [2.05, 4.69) is 18.8 Å². The smallest absolute Gasteiger partial charge is 0.411 e. The van der Waals surface area contributed by atoms with Crippen molar-refractivity contribution in [2.75, 3.05) is 20.3 Å². The predicted molar refractivity (Wildman–Crippen MR) is 81.7 cm³/mol. The minimum Gasteiger partial charge on any atom is -0.464 e. The largest absolute Gasteiger partial charge is 0.464 e. The summed E-state index contributed by atoms with van der Waals surface area (Å²) in [5, 5.41) is 0.